The van der Waals surface area contributed by atoms with Gasteiger partial charge >= 0.3 is 12.1 Å². The smallest absolute Gasteiger partial charge is 0.416 e. The van der Waals surface area contributed by atoms with E-state index in [9.17, 15) is 23.1 Å². The quantitative estimate of drug-likeness (QED) is 0.897. The molecule has 1 atom stereocenters. The summed E-state index contributed by atoms with van der Waals surface area (Å²) in [6, 6.07) is 2.43. The molecule has 1 aromatic carbocycles. The average molecular weight is 289 g/mol. The van der Waals surface area contributed by atoms with Crippen molar-refractivity contribution in [2.75, 3.05) is 18.1 Å². The number of benzene rings is 1. The van der Waals surface area contributed by atoms with Gasteiger partial charge in [0.25, 0.3) is 0 Å². The van der Waals surface area contributed by atoms with Crippen LogP contribution in [0, 0.1) is 0 Å². The third-order valence-corrected chi connectivity index (χ3v) is 3.45. The van der Waals surface area contributed by atoms with E-state index in [2.05, 4.69) is 0 Å². The normalized spacial score (nSPS) is 19.4. The lowest BCUT2D eigenvalue weighted by molar-refractivity contribution is -0.137. The molecule has 4 nitrogen and oxygen atoms in total. The van der Waals surface area contributed by atoms with E-state index in [0.717, 1.165) is 12.5 Å². The van der Waals surface area contributed by atoms with Crippen LogP contribution in [-0.2, 0) is 6.18 Å². The van der Waals surface area contributed by atoms with Crippen LogP contribution in [0.1, 0.15) is 28.8 Å². The third-order valence-electron chi connectivity index (χ3n) is 3.45. The standard InChI is InChI=1S/C13H14F3NO3/c14-13(15,16)8-3-4-11(10(6-8)12(19)20)17-5-1-2-9(17)7-18/h3-4,6,9,18H,1-2,5,7H2,(H,19,20). The highest BCUT2D eigenvalue weighted by atomic mass is 19.4. The summed E-state index contributed by atoms with van der Waals surface area (Å²) >= 11 is 0. The highest BCUT2D eigenvalue weighted by molar-refractivity contribution is 5.95. The molecule has 0 aliphatic carbocycles. The zero-order valence-corrected chi connectivity index (χ0v) is 10.5. The Hall–Kier alpha value is -1.76. The number of rotatable bonds is 3. The Balaban J connectivity index is 2.46. The van der Waals surface area contributed by atoms with Crippen molar-refractivity contribution in [3.8, 4) is 0 Å². The fraction of sp³-hybridized carbons (Fsp3) is 0.462. The molecule has 0 radical (unpaired) electrons. The summed E-state index contributed by atoms with van der Waals surface area (Å²) in [5, 5.41) is 18.4. The highest BCUT2D eigenvalue weighted by Crippen LogP contribution is 2.35. The van der Waals surface area contributed by atoms with Crippen LogP contribution in [-0.4, -0.2) is 35.4 Å². The summed E-state index contributed by atoms with van der Waals surface area (Å²) in [6.07, 6.45) is -3.12. The molecule has 0 amide bonds. The van der Waals surface area contributed by atoms with Crippen LogP contribution in [0.2, 0.25) is 0 Å². The van der Waals surface area contributed by atoms with Gasteiger partial charge in [-0.1, -0.05) is 0 Å². The van der Waals surface area contributed by atoms with Gasteiger partial charge in [-0.15, -0.1) is 0 Å². The molecule has 0 bridgehead atoms. The van der Waals surface area contributed by atoms with Crippen LogP contribution >= 0.6 is 0 Å². The summed E-state index contributed by atoms with van der Waals surface area (Å²) in [7, 11) is 0. The van der Waals surface area contributed by atoms with Crippen molar-refractivity contribution >= 4 is 11.7 Å². The Morgan fingerprint density at radius 1 is 1.40 bits per heavy atom. The highest BCUT2D eigenvalue weighted by Gasteiger charge is 2.33. The third kappa shape index (κ3) is 2.72. The van der Waals surface area contributed by atoms with Crippen LogP contribution in [0.4, 0.5) is 18.9 Å². The molecule has 1 unspecified atom stereocenters. The van der Waals surface area contributed by atoms with E-state index in [1.165, 1.54) is 6.07 Å². The van der Waals surface area contributed by atoms with Gasteiger partial charge in [-0.3, -0.25) is 0 Å². The molecule has 1 fully saturated rings. The molecule has 0 spiro atoms. The van der Waals surface area contributed by atoms with Gasteiger partial charge in [0.2, 0.25) is 0 Å². The molecule has 1 aromatic rings. The number of nitrogens with zero attached hydrogens (tertiary/aromatic N) is 1. The van der Waals surface area contributed by atoms with Crippen molar-refractivity contribution in [1.29, 1.82) is 0 Å². The number of hydrogen-bond donors (Lipinski definition) is 2. The molecule has 20 heavy (non-hydrogen) atoms. The van der Waals surface area contributed by atoms with Crippen LogP contribution in [0.3, 0.4) is 0 Å². The Morgan fingerprint density at radius 3 is 2.65 bits per heavy atom. The number of aliphatic hydroxyl groups excluding tert-OH is 1. The average Bonchev–Trinajstić information content (AvgIpc) is 2.84. The number of carbonyl (C=O) groups is 1. The second-order valence-electron chi connectivity index (χ2n) is 4.71. The first-order chi connectivity index (χ1) is 9.34. The number of alkyl halides is 3. The van der Waals surface area contributed by atoms with Crippen molar-refractivity contribution in [3.05, 3.63) is 29.3 Å². The topological polar surface area (TPSA) is 60.8 Å². The Bertz CT molecular complexity index is 516. The first kappa shape index (κ1) is 14.6. The maximum Gasteiger partial charge on any atom is 0.416 e. The molecule has 2 rings (SSSR count). The molecule has 1 heterocycles. The van der Waals surface area contributed by atoms with E-state index >= 15 is 0 Å². The van der Waals surface area contributed by atoms with Crippen molar-refractivity contribution in [1.82, 2.24) is 0 Å². The van der Waals surface area contributed by atoms with Gasteiger partial charge in [-0.05, 0) is 31.0 Å². The van der Waals surface area contributed by atoms with Crippen molar-refractivity contribution in [2.24, 2.45) is 0 Å². The van der Waals surface area contributed by atoms with Crippen LogP contribution in [0.5, 0.6) is 0 Å². The van der Waals surface area contributed by atoms with Crippen molar-refractivity contribution in [2.45, 2.75) is 25.1 Å². The lowest BCUT2D eigenvalue weighted by Gasteiger charge is -2.27. The number of aromatic carboxylic acids is 1. The SMILES string of the molecule is O=C(O)c1cc(C(F)(F)F)ccc1N1CCCC1CO. The van der Waals surface area contributed by atoms with Crippen molar-refractivity contribution in [3.63, 3.8) is 0 Å². The second kappa shape index (κ2) is 5.32. The van der Waals surface area contributed by atoms with Crippen molar-refractivity contribution < 1.29 is 28.2 Å². The second-order valence-corrected chi connectivity index (χ2v) is 4.71. The van der Waals surface area contributed by atoms with E-state index in [1.807, 2.05) is 0 Å². The fourth-order valence-electron chi connectivity index (χ4n) is 2.48. The van der Waals surface area contributed by atoms with Crippen LogP contribution in [0.25, 0.3) is 0 Å². The lowest BCUT2D eigenvalue weighted by atomic mass is 10.1. The van der Waals surface area contributed by atoms with E-state index < -0.39 is 17.7 Å². The number of aliphatic hydroxyl groups is 1. The number of halogens is 3. The minimum absolute atomic E-state index is 0.153. The Kier molecular flexibility index (Phi) is 3.89. The summed E-state index contributed by atoms with van der Waals surface area (Å²) in [6.45, 7) is 0.372. The van der Waals surface area contributed by atoms with Gasteiger partial charge < -0.3 is 15.1 Å². The van der Waals surface area contributed by atoms with Gasteiger partial charge in [-0.25, -0.2) is 4.79 Å². The predicted octanol–water partition coefficient (Wildman–Crippen LogP) is 2.36. The molecule has 0 saturated carbocycles. The van der Waals surface area contributed by atoms with E-state index in [4.69, 9.17) is 5.11 Å². The van der Waals surface area contributed by atoms with Gasteiger partial charge in [0.05, 0.1) is 29.5 Å². The summed E-state index contributed by atoms with van der Waals surface area (Å²) < 4.78 is 37.9. The molecule has 1 aliphatic rings. The Labute approximate surface area is 113 Å². The molecule has 110 valence electrons. The summed E-state index contributed by atoms with van der Waals surface area (Å²) in [5.74, 6) is -1.41. The van der Waals surface area contributed by atoms with E-state index in [1.54, 1.807) is 4.90 Å². The molecule has 7 heteroatoms. The van der Waals surface area contributed by atoms with Gasteiger partial charge in [-0.2, -0.15) is 13.2 Å². The molecular formula is C13H14F3NO3. The minimum atomic E-state index is -4.58. The largest absolute Gasteiger partial charge is 0.478 e. The molecule has 1 saturated heterocycles. The summed E-state index contributed by atoms with van der Waals surface area (Å²) in [5.41, 5.74) is -1.15. The zero-order valence-electron chi connectivity index (χ0n) is 10.5. The zero-order chi connectivity index (χ0) is 14.9. The van der Waals surface area contributed by atoms with Gasteiger partial charge in [0.1, 0.15) is 0 Å². The lowest BCUT2D eigenvalue weighted by Crippen LogP contribution is -2.33. The number of carboxylic acid groups (broad SMARTS) is 1. The fourth-order valence-corrected chi connectivity index (χ4v) is 2.48. The maximum absolute atomic E-state index is 12.6. The molecule has 0 aromatic heterocycles. The first-order valence-electron chi connectivity index (χ1n) is 6.16. The predicted molar refractivity (Wildman–Crippen MR) is 65.9 cm³/mol. The first-order valence-corrected chi connectivity index (χ1v) is 6.16. The van der Waals surface area contributed by atoms with Crippen LogP contribution in [0.15, 0.2) is 18.2 Å². The number of anilines is 1. The monoisotopic (exact) mass is 289 g/mol. The Morgan fingerprint density at radius 2 is 2.10 bits per heavy atom. The molecule has 1 aliphatic heterocycles. The van der Waals surface area contributed by atoms with E-state index in [-0.39, 0.29) is 23.9 Å². The number of hydrogen-bond acceptors (Lipinski definition) is 3. The van der Waals surface area contributed by atoms with Gasteiger partial charge in [0, 0.05) is 6.54 Å². The van der Waals surface area contributed by atoms with Gasteiger partial charge in [0.15, 0.2) is 0 Å². The van der Waals surface area contributed by atoms with E-state index in [0.29, 0.717) is 19.0 Å². The summed E-state index contributed by atoms with van der Waals surface area (Å²) in [4.78, 5) is 12.9. The molecule has 2 N–H and O–H groups in total. The van der Waals surface area contributed by atoms with Crippen LogP contribution < -0.4 is 4.90 Å². The minimum Gasteiger partial charge on any atom is -0.478 e. The number of carboxylic acids is 1. The molecular weight excluding hydrogens is 275 g/mol. The maximum atomic E-state index is 12.6.